The highest BCUT2D eigenvalue weighted by atomic mass is 19.4. The van der Waals surface area contributed by atoms with Gasteiger partial charge in [0.25, 0.3) is 0 Å². The van der Waals surface area contributed by atoms with Crippen LogP contribution < -0.4 is 10.1 Å². The van der Waals surface area contributed by atoms with Crippen molar-refractivity contribution in [3.8, 4) is 5.75 Å². The van der Waals surface area contributed by atoms with Crippen LogP contribution in [-0.2, 0) is 4.79 Å². The Bertz CT molecular complexity index is 569. The third kappa shape index (κ3) is 3.09. The van der Waals surface area contributed by atoms with Crippen LogP contribution in [0.15, 0.2) is 29.4 Å². The van der Waals surface area contributed by atoms with Gasteiger partial charge in [-0.2, -0.15) is 18.3 Å². The maximum Gasteiger partial charge on any atom is 0.431 e. The van der Waals surface area contributed by atoms with E-state index in [1.807, 2.05) is 0 Å². The van der Waals surface area contributed by atoms with Crippen LogP contribution in [0.25, 0.3) is 0 Å². The van der Waals surface area contributed by atoms with Crippen LogP contribution in [0.5, 0.6) is 5.75 Å². The first-order valence-electron chi connectivity index (χ1n) is 6.14. The fraction of sp³-hybridized carbons (Fsp3) is 0.385. The highest BCUT2D eigenvalue weighted by Gasteiger charge is 2.48. The molecule has 1 aliphatic heterocycles. The molecule has 1 aliphatic rings. The van der Waals surface area contributed by atoms with Gasteiger partial charge in [-0.05, 0) is 24.3 Å². The number of carboxylic acids is 1. The molecule has 0 amide bonds. The van der Waals surface area contributed by atoms with Gasteiger partial charge < -0.3 is 15.0 Å². The summed E-state index contributed by atoms with van der Waals surface area (Å²) in [4.78, 5) is 10.8. The molecule has 8 heteroatoms. The number of carboxylic acid groups (broad SMARTS) is 1. The standard InChI is InChI=1S/C13H13F3N2O3/c1-7-10(6-11(20)21)18(17-12(7)13(14,15)16)8-2-4-9(19)5-3-8/h2-5,7,10,19H,6H2,1H3,(H,20,21)/p-1/t7-,10-/m0/s1. The number of alkyl halides is 3. The number of halogens is 3. The second kappa shape index (κ2) is 5.27. The number of aromatic hydroxyl groups is 1. The molecule has 1 aromatic rings. The highest BCUT2D eigenvalue weighted by molar-refractivity contribution is 5.95. The Kier molecular flexibility index (Phi) is 3.80. The second-order valence-corrected chi connectivity index (χ2v) is 4.78. The number of hydrazone groups is 1. The molecule has 0 bridgehead atoms. The fourth-order valence-corrected chi connectivity index (χ4v) is 2.28. The van der Waals surface area contributed by atoms with E-state index in [0.29, 0.717) is 0 Å². The van der Waals surface area contributed by atoms with E-state index in [-0.39, 0.29) is 11.4 Å². The number of aliphatic carboxylic acids is 1. The van der Waals surface area contributed by atoms with Crippen molar-refractivity contribution in [2.45, 2.75) is 25.6 Å². The van der Waals surface area contributed by atoms with Crippen molar-refractivity contribution < 1.29 is 28.2 Å². The largest absolute Gasteiger partial charge is 0.550 e. The molecule has 114 valence electrons. The molecule has 2 rings (SSSR count). The van der Waals surface area contributed by atoms with Crippen molar-refractivity contribution in [2.75, 3.05) is 5.01 Å². The van der Waals surface area contributed by atoms with Gasteiger partial charge in [0.05, 0.1) is 11.7 Å². The van der Waals surface area contributed by atoms with E-state index in [0.717, 1.165) is 5.01 Å². The summed E-state index contributed by atoms with van der Waals surface area (Å²) in [5.74, 6) is -2.60. The van der Waals surface area contributed by atoms with E-state index in [4.69, 9.17) is 0 Å². The van der Waals surface area contributed by atoms with Gasteiger partial charge in [0.15, 0.2) is 0 Å². The minimum absolute atomic E-state index is 0.0533. The van der Waals surface area contributed by atoms with Crippen LogP contribution in [0.4, 0.5) is 18.9 Å². The molecule has 0 aliphatic carbocycles. The van der Waals surface area contributed by atoms with Crippen molar-refractivity contribution in [3.63, 3.8) is 0 Å². The predicted octanol–water partition coefficient (Wildman–Crippen LogP) is 1.28. The van der Waals surface area contributed by atoms with Crippen molar-refractivity contribution in [3.05, 3.63) is 24.3 Å². The Balaban J connectivity index is 2.40. The lowest BCUT2D eigenvalue weighted by Crippen LogP contribution is -2.40. The first-order chi connectivity index (χ1) is 9.70. The molecule has 0 saturated heterocycles. The molecule has 2 atom stereocenters. The van der Waals surface area contributed by atoms with Gasteiger partial charge in [-0.1, -0.05) is 6.92 Å². The molecule has 0 unspecified atom stereocenters. The average molecular weight is 301 g/mol. The Hall–Kier alpha value is -2.25. The third-order valence-corrected chi connectivity index (χ3v) is 3.32. The van der Waals surface area contributed by atoms with Gasteiger partial charge in [0.2, 0.25) is 0 Å². The summed E-state index contributed by atoms with van der Waals surface area (Å²) in [7, 11) is 0. The van der Waals surface area contributed by atoms with Gasteiger partial charge in [-0.3, -0.25) is 5.01 Å². The zero-order valence-electron chi connectivity index (χ0n) is 11.0. The number of carbonyl (C=O) groups excluding carboxylic acids is 1. The molecular weight excluding hydrogens is 289 g/mol. The third-order valence-electron chi connectivity index (χ3n) is 3.32. The molecule has 0 fully saturated rings. The monoisotopic (exact) mass is 301 g/mol. The Labute approximate surface area is 118 Å². The summed E-state index contributed by atoms with van der Waals surface area (Å²) < 4.78 is 38.7. The number of rotatable bonds is 3. The normalized spacial score (nSPS) is 22.3. The zero-order valence-corrected chi connectivity index (χ0v) is 11.0. The second-order valence-electron chi connectivity index (χ2n) is 4.78. The number of benzene rings is 1. The molecule has 1 aromatic carbocycles. The number of carbonyl (C=O) groups is 1. The van der Waals surface area contributed by atoms with E-state index >= 15 is 0 Å². The predicted molar refractivity (Wildman–Crippen MR) is 66.7 cm³/mol. The van der Waals surface area contributed by atoms with E-state index in [1.165, 1.54) is 31.2 Å². The van der Waals surface area contributed by atoms with Crippen molar-refractivity contribution >= 4 is 17.4 Å². The number of phenols is 1. The summed E-state index contributed by atoms with van der Waals surface area (Å²) in [6, 6.07) is 4.32. The minimum atomic E-state index is -4.63. The number of hydrogen-bond acceptors (Lipinski definition) is 5. The van der Waals surface area contributed by atoms with E-state index in [9.17, 15) is 28.2 Å². The molecule has 0 saturated carbocycles. The van der Waals surface area contributed by atoms with Crippen molar-refractivity contribution in [1.82, 2.24) is 0 Å². The summed E-state index contributed by atoms with van der Waals surface area (Å²) in [6.07, 6.45) is -5.21. The molecule has 5 nitrogen and oxygen atoms in total. The fourth-order valence-electron chi connectivity index (χ4n) is 2.28. The summed E-state index contributed by atoms with van der Waals surface area (Å²) >= 11 is 0. The molecule has 0 spiro atoms. The number of hydrogen-bond donors (Lipinski definition) is 1. The smallest absolute Gasteiger partial charge is 0.431 e. The van der Waals surface area contributed by atoms with Gasteiger partial charge >= 0.3 is 6.18 Å². The molecule has 0 aromatic heterocycles. The van der Waals surface area contributed by atoms with Gasteiger partial charge in [-0.25, -0.2) is 0 Å². The van der Waals surface area contributed by atoms with Crippen molar-refractivity contribution in [2.24, 2.45) is 11.0 Å². The summed E-state index contributed by atoms with van der Waals surface area (Å²) in [5, 5.41) is 24.5. The Morgan fingerprint density at radius 1 is 1.38 bits per heavy atom. The lowest BCUT2D eigenvalue weighted by molar-refractivity contribution is -0.306. The van der Waals surface area contributed by atoms with Crippen LogP contribution in [0.1, 0.15) is 13.3 Å². The molecule has 1 N–H and O–H groups in total. The molecular formula is C13H12F3N2O3-. The van der Waals surface area contributed by atoms with Gasteiger partial charge in [0.1, 0.15) is 11.5 Å². The summed E-state index contributed by atoms with van der Waals surface area (Å²) in [5.41, 5.74) is -0.757. The van der Waals surface area contributed by atoms with Crippen LogP contribution in [-0.4, -0.2) is 29.0 Å². The van der Waals surface area contributed by atoms with E-state index < -0.39 is 36.2 Å². The quantitative estimate of drug-likeness (QED) is 0.912. The first-order valence-corrected chi connectivity index (χ1v) is 6.14. The topological polar surface area (TPSA) is 76.0 Å². The Morgan fingerprint density at radius 3 is 2.43 bits per heavy atom. The van der Waals surface area contributed by atoms with Crippen LogP contribution in [0.2, 0.25) is 0 Å². The van der Waals surface area contributed by atoms with Crippen LogP contribution in [0.3, 0.4) is 0 Å². The van der Waals surface area contributed by atoms with E-state index in [2.05, 4.69) is 5.10 Å². The molecule has 21 heavy (non-hydrogen) atoms. The lowest BCUT2D eigenvalue weighted by Gasteiger charge is -2.26. The van der Waals surface area contributed by atoms with Crippen molar-refractivity contribution in [1.29, 1.82) is 0 Å². The zero-order chi connectivity index (χ0) is 15.8. The SMILES string of the molecule is C[C@@H]1C(C(F)(F)F)=NN(c2ccc(O)cc2)[C@H]1CC(=O)[O-]. The van der Waals surface area contributed by atoms with E-state index in [1.54, 1.807) is 0 Å². The molecule has 1 heterocycles. The highest BCUT2D eigenvalue weighted by Crippen LogP contribution is 2.36. The number of anilines is 1. The average Bonchev–Trinajstić information content (AvgIpc) is 2.67. The first kappa shape index (κ1) is 15.1. The summed E-state index contributed by atoms with van der Waals surface area (Å²) in [6.45, 7) is 1.28. The maximum atomic E-state index is 12.9. The van der Waals surface area contributed by atoms with Crippen LogP contribution in [0, 0.1) is 5.92 Å². The maximum absolute atomic E-state index is 12.9. The number of nitrogens with zero attached hydrogens (tertiary/aromatic N) is 2. The van der Waals surface area contributed by atoms with Crippen LogP contribution >= 0.6 is 0 Å². The lowest BCUT2D eigenvalue weighted by atomic mass is 9.94. The minimum Gasteiger partial charge on any atom is -0.550 e. The number of phenolic OH excluding ortho intramolecular Hbond substituents is 1. The van der Waals surface area contributed by atoms with Gasteiger partial charge in [0, 0.05) is 18.3 Å². The Morgan fingerprint density at radius 2 is 1.95 bits per heavy atom. The van der Waals surface area contributed by atoms with Gasteiger partial charge in [-0.15, -0.1) is 0 Å². The molecule has 0 radical (unpaired) electrons.